The Balaban J connectivity index is 1.33. The average molecular weight is 503 g/mol. The molecule has 0 bridgehead atoms. The Morgan fingerprint density at radius 3 is 2.67 bits per heavy atom. The minimum Gasteiger partial charge on any atom is -0.489 e. The molecule has 0 radical (unpaired) electrons. The van der Waals surface area contributed by atoms with E-state index >= 15 is 0 Å². The first-order valence-corrected chi connectivity index (χ1v) is 12.8. The minimum absolute atomic E-state index is 0.0188. The van der Waals surface area contributed by atoms with Crippen molar-refractivity contribution in [1.82, 2.24) is 4.90 Å². The molecule has 2 N–H and O–H groups in total. The van der Waals surface area contributed by atoms with E-state index in [1.54, 1.807) is 18.3 Å². The molecular weight excluding hydrogens is 472 g/mol. The molecule has 186 valence electrons. The number of nitrogens with zero attached hydrogens (tertiary/aromatic N) is 1. The highest BCUT2D eigenvalue weighted by atomic mass is 32.1. The van der Waals surface area contributed by atoms with Crippen molar-refractivity contribution in [2.45, 2.75) is 52.3 Å². The quantitative estimate of drug-likeness (QED) is 0.382. The summed E-state index contributed by atoms with van der Waals surface area (Å²) in [5.74, 6) is 5.30. The molecule has 4 rings (SSSR count). The first kappa shape index (κ1) is 25.5. The van der Waals surface area contributed by atoms with Gasteiger partial charge in [0.05, 0.1) is 17.3 Å². The van der Waals surface area contributed by atoms with E-state index in [4.69, 9.17) is 9.84 Å². The number of benzene rings is 2. The van der Waals surface area contributed by atoms with Crippen molar-refractivity contribution in [3.63, 3.8) is 0 Å². The number of thiophene rings is 1. The molecule has 0 saturated carbocycles. The molecule has 0 fully saturated rings. The van der Waals surface area contributed by atoms with Crippen LogP contribution in [0, 0.1) is 11.8 Å². The zero-order valence-corrected chi connectivity index (χ0v) is 21.4. The molecule has 1 aliphatic rings. The molecule has 36 heavy (non-hydrogen) atoms. The van der Waals surface area contributed by atoms with Crippen LogP contribution in [0.3, 0.4) is 0 Å². The first-order valence-electron chi connectivity index (χ1n) is 12.0. The highest BCUT2D eigenvalue weighted by Gasteiger charge is 2.20. The normalized spacial score (nSPS) is 13.7. The molecule has 7 heteroatoms. The molecule has 0 saturated heterocycles. The number of carbonyl (C=O) groups excluding carboxylic acids is 1. The van der Waals surface area contributed by atoms with Crippen LogP contribution in [-0.4, -0.2) is 28.4 Å². The monoisotopic (exact) mass is 502 g/mol. The Morgan fingerprint density at radius 1 is 1.17 bits per heavy atom. The Morgan fingerprint density at radius 2 is 1.94 bits per heavy atom. The molecule has 3 aromatic rings. The van der Waals surface area contributed by atoms with Gasteiger partial charge in [0, 0.05) is 31.4 Å². The number of aliphatic carboxylic acids is 1. The van der Waals surface area contributed by atoms with Crippen LogP contribution in [-0.2, 0) is 35.7 Å². The SMILES string of the molecule is CC#C[C@@H](CC(=O)O)c1ccc(OCc2cccc(CN3CCc4sc(NC(C)=O)cc4C3)c2)cc1. The van der Waals surface area contributed by atoms with Crippen molar-refractivity contribution in [3.8, 4) is 17.6 Å². The van der Waals surface area contributed by atoms with E-state index in [2.05, 4.69) is 52.4 Å². The van der Waals surface area contributed by atoms with Crippen LogP contribution in [0.4, 0.5) is 5.00 Å². The first-order chi connectivity index (χ1) is 17.4. The number of amides is 1. The van der Waals surface area contributed by atoms with E-state index in [-0.39, 0.29) is 18.2 Å². The Kier molecular flexibility index (Phi) is 8.42. The number of rotatable bonds is 9. The lowest BCUT2D eigenvalue weighted by Gasteiger charge is -2.26. The zero-order valence-electron chi connectivity index (χ0n) is 20.5. The maximum Gasteiger partial charge on any atom is 0.304 e. The molecule has 2 aromatic carbocycles. The van der Waals surface area contributed by atoms with Crippen molar-refractivity contribution < 1.29 is 19.4 Å². The predicted molar refractivity (Wildman–Crippen MR) is 142 cm³/mol. The third-order valence-electron chi connectivity index (χ3n) is 6.03. The Bertz CT molecular complexity index is 1290. The molecule has 1 amide bonds. The largest absolute Gasteiger partial charge is 0.489 e. The number of fused-ring (bicyclic) bond motifs is 1. The predicted octanol–water partition coefficient (Wildman–Crippen LogP) is 5.43. The molecule has 0 spiro atoms. The second-order valence-electron chi connectivity index (χ2n) is 8.92. The summed E-state index contributed by atoms with van der Waals surface area (Å²) in [4.78, 5) is 26.3. The van der Waals surface area contributed by atoms with Crippen molar-refractivity contribution in [3.05, 3.63) is 81.7 Å². The van der Waals surface area contributed by atoms with Gasteiger partial charge in [-0.15, -0.1) is 17.3 Å². The van der Waals surface area contributed by atoms with E-state index in [0.717, 1.165) is 47.9 Å². The molecule has 0 unspecified atom stereocenters. The second-order valence-corrected chi connectivity index (χ2v) is 10.1. The molecule has 1 aromatic heterocycles. The second kappa shape index (κ2) is 11.9. The van der Waals surface area contributed by atoms with Crippen LogP contribution < -0.4 is 10.1 Å². The molecular formula is C29H30N2O4S. The van der Waals surface area contributed by atoms with Crippen molar-refractivity contribution in [2.75, 3.05) is 11.9 Å². The van der Waals surface area contributed by atoms with Crippen molar-refractivity contribution in [2.24, 2.45) is 0 Å². The highest BCUT2D eigenvalue weighted by molar-refractivity contribution is 7.16. The number of carbonyl (C=O) groups is 2. The summed E-state index contributed by atoms with van der Waals surface area (Å²) in [7, 11) is 0. The fourth-order valence-corrected chi connectivity index (χ4v) is 5.51. The summed E-state index contributed by atoms with van der Waals surface area (Å²) in [6.07, 6.45) is 0.977. The number of anilines is 1. The van der Waals surface area contributed by atoms with Gasteiger partial charge in [0.1, 0.15) is 12.4 Å². The van der Waals surface area contributed by atoms with E-state index in [9.17, 15) is 9.59 Å². The number of ether oxygens (including phenoxy) is 1. The average Bonchev–Trinajstić information content (AvgIpc) is 3.23. The van der Waals surface area contributed by atoms with E-state index in [1.165, 1.54) is 22.9 Å². The standard InChI is InChI=1S/C29H30N2O4S/c1-3-5-24(16-29(33)34)23-8-10-26(11-9-23)35-19-22-7-4-6-21(14-22)17-31-13-12-27-25(18-31)15-28(36-27)30-20(2)32/h4,6-11,14-15,24H,12-13,16-19H2,1-2H3,(H,30,32)(H,33,34)/t24-/m0/s1. The number of hydrogen-bond acceptors (Lipinski definition) is 5. The Hall–Kier alpha value is -3.60. The van der Waals surface area contributed by atoms with Crippen LogP contribution in [0.5, 0.6) is 5.75 Å². The smallest absolute Gasteiger partial charge is 0.304 e. The maximum atomic E-state index is 11.4. The zero-order chi connectivity index (χ0) is 25.5. The van der Waals surface area contributed by atoms with Gasteiger partial charge in [0.2, 0.25) is 5.91 Å². The summed E-state index contributed by atoms with van der Waals surface area (Å²) in [5, 5.41) is 13.0. The summed E-state index contributed by atoms with van der Waals surface area (Å²) in [6.45, 7) is 6.44. The van der Waals surface area contributed by atoms with E-state index < -0.39 is 5.97 Å². The number of hydrogen-bond donors (Lipinski definition) is 2. The van der Waals surface area contributed by atoms with Gasteiger partial charge in [0.25, 0.3) is 0 Å². The lowest BCUT2D eigenvalue weighted by Crippen LogP contribution is -2.29. The number of carboxylic acid groups (broad SMARTS) is 1. The fraction of sp³-hybridized carbons (Fsp3) is 0.310. The summed E-state index contributed by atoms with van der Waals surface area (Å²) < 4.78 is 5.99. The summed E-state index contributed by atoms with van der Waals surface area (Å²) >= 11 is 1.68. The van der Waals surface area contributed by atoms with Gasteiger partial charge >= 0.3 is 5.97 Å². The van der Waals surface area contributed by atoms with Crippen molar-refractivity contribution in [1.29, 1.82) is 0 Å². The van der Waals surface area contributed by atoms with Gasteiger partial charge in [-0.05, 0) is 53.8 Å². The van der Waals surface area contributed by atoms with Gasteiger partial charge in [-0.1, -0.05) is 42.3 Å². The van der Waals surface area contributed by atoms with Crippen LogP contribution in [0.1, 0.15) is 53.3 Å². The third-order valence-corrected chi connectivity index (χ3v) is 7.18. The highest BCUT2D eigenvalue weighted by Crippen LogP contribution is 2.32. The number of nitrogens with one attached hydrogen (secondary N) is 1. The van der Waals surface area contributed by atoms with Gasteiger partial charge in [-0.2, -0.15) is 0 Å². The van der Waals surface area contributed by atoms with Crippen molar-refractivity contribution >= 4 is 28.2 Å². The fourth-order valence-electron chi connectivity index (χ4n) is 4.40. The van der Waals surface area contributed by atoms with Gasteiger partial charge in [-0.25, -0.2) is 0 Å². The Labute approximate surface area is 215 Å². The molecule has 0 aliphatic carbocycles. The lowest BCUT2D eigenvalue weighted by atomic mass is 9.96. The molecule has 1 atom stereocenters. The van der Waals surface area contributed by atoms with Crippen LogP contribution >= 0.6 is 11.3 Å². The molecule has 2 heterocycles. The lowest BCUT2D eigenvalue weighted by molar-refractivity contribution is -0.137. The van der Waals surface area contributed by atoms with E-state index in [0.29, 0.717) is 6.61 Å². The van der Waals surface area contributed by atoms with Crippen LogP contribution in [0.25, 0.3) is 0 Å². The van der Waals surface area contributed by atoms with E-state index in [1.807, 2.05) is 24.3 Å². The number of carboxylic acids is 1. The summed E-state index contributed by atoms with van der Waals surface area (Å²) in [5.41, 5.74) is 4.51. The maximum absolute atomic E-state index is 11.4. The third kappa shape index (κ3) is 6.97. The van der Waals surface area contributed by atoms with Crippen LogP contribution in [0.15, 0.2) is 54.6 Å². The minimum atomic E-state index is -0.863. The molecule has 1 aliphatic heterocycles. The molecule has 6 nitrogen and oxygen atoms in total. The van der Waals surface area contributed by atoms with Gasteiger partial charge in [0.15, 0.2) is 0 Å². The van der Waals surface area contributed by atoms with Crippen LogP contribution in [0.2, 0.25) is 0 Å². The van der Waals surface area contributed by atoms with Gasteiger partial charge < -0.3 is 15.2 Å². The van der Waals surface area contributed by atoms with Gasteiger partial charge in [-0.3, -0.25) is 14.5 Å². The summed E-state index contributed by atoms with van der Waals surface area (Å²) in [6, 6.07) is 18.0. The topological polar surface area (TPSA) is 78.9 Å².